The molecular weight excluding hydrogens is 580 g/mol. The molecule has 8 rings (SSSR count). The standard InChI is InChI=1S/2C10H8O.2C9H14.CH4O3S/c2*11-10-6-5-8-3-1-2-4-9(8)7-10;2*1-2-8-5-7-3-4-9(8)6-7;1-5(2,3)4/h2*1-7,11H;2*3-4,7-9H,2,5-6H2,1H3;1H3,(H,2,3,4). The lowest BCUT2D eigenvalue weighted by atomic mass is 9.91. The Morgan fingerprint density at radius 3 is 1.20 bits per heavy atom. The Bertz CT molecular complexity index is 1570. The van der Waals surface area contributed by atoms with E-state index in [0.29, 0.717) is 17.8 Å². The SMILES string of the molecule is CCC1CC2C=CC1C2.CCC1CC2C=CC1C2.CS(=O)(=O)O.Oc1ccc2ccccc2c1.Oc1ccc2ccccc2c1. The molecule has 45 heavy (non-hydrogen) atoms. The van der Waals surface area contributed by atoms with E-state index in [-0.39, 0.29) is 0 Å². The van der Waals surface area contributed by atoms with Crippen molar-refractivity contribution in [2.75, 3.05) is 6.26 Å². The molecule has 0 saturated heterocycles. The van der Waals surface area contributed by atoms with Crippen molar-refractivity contribution in [3.63, 3.8) is 0 Å². The number of hydrogen-bond donors (Lipinski definition) is 3. The fraction of sp³-hybridized carbons (Fsp3) is 0.385. The Kier molecular flexibility index (Phi) is 12.3. The Labute approximate surface area is 269 Å². The topological polar surface area (TPSA) is 94.8 Å². The first-order valence-corrected chi connectivity index (χ1v) is 18.0. The van der Waals surface area contributed by atoms with Gasteiger partial charge in [-0.1, -0.05) is 112 Å². The molecule has 6 atom stereocenters. The summed E-state index contributed by atoms with van der Waals surface area (Å²) in [5.74, 6) is 6.62. The average molecular weight is 629 g/mol. The van der Waals surface area contributed by atoms with Crippen molar-refractivity contribution in [1.29, 1.82) is 0 Å². The van der Waals surface area contributed by atoms with Gasteiger partial charge in [0.1, 0.15) is 11.5 Å². The van der Waals surface area contributed by atoms with Gasteiger partial charge in [-0.2, -0.15) is 8.42 Å². The van der Waals surface area contributed by atoms with Gasteiger partial charge in [0.15, 0.2) is 0 Å². The monoisotopic (exact) mass is 628 g/mol. The lowest BCUT2D eigenvalue weighted by Crippen LogP contribution is -2.04. The van der Waals surface area contributed by atoms with E-state index in [9.17, 15) is 8.42 Å². The van der Waals surface area contributed by atoms with Crippen LogP contribution in [0.5, 0.6) is 11.5 Å². The minimum absolute atomic E-state index is 0.323. The highest BCUT2D eigenvalue weighted by Gasteiger charge is 2.34. The van der Waals surface area contributed by atoms with Crippen LogP contribution in [-0.4, -0.2) is 29.4 Å². The largest absolute Gasteiger partial charge is 0.508 e. The van der Waals surface area contributed by atoms with Crippen LogP contribution < -0.4 is 0 Å². The van der Waals surface area contributed by atoms with Crippen LogP contribution in [0.2, 0.25) is 0 Å². The molecule has 0 aromatic heterocycles. The highest BCUT2D eigenvalue weighted by atomic mass is 32.2. The number of aromatic hydroxyl groups is 2. The molecule has 4 aliphatic carbocycles. The summed E-state index contributed by atoms with van der Waals surface area (Å²) in [7, 11) is -3.67. The van der Waals surface area contributed by atoms with Crippen molar-refractivity contribution < 1.29 is 23.2 Å². The zero-order valence-electron chi connectivity index (χ0n) is 26.7. The van der Waals surface area contributed by atoms with E-state index in [1.807, 2.05) is 60.7 Å². The molecule has 240 valence electrons. The van der Waals surface area contributed by atoms with Crippen LogP contribution in [0.4, 0.5) is 0 Å². The Balaban J connectivity index is 0.000000131. The van der Waals surface area contributed by atoms with Gasteiger partial charge in [0.25, 0.3) is 10.1 Å². The first kappa shape index (κ1) is 34.3. The summed E-state index contributed by atoms with van der Waals surface area (Å²) < 4.78 is 25.9. The summed E-state index contributed by atoms with van der Waals surface area (Å²) in [4.78, 5) is 0. The number of allylic oxidation sites excluding steroid dienone is 4. The van der Waals surface area contributed by atoms with Gasteiger partial charge in [-0.3, -0.25) is 4.55 Å². The van der Waals surface area contributed by atoms with Gasteiger partial charge >= 0.3 is 0 Å². The van der Waals surface area contributed by atoms with Gasteiger partial charge in [0, 0.05) is 0 Å². The Morgan fingerprint density at radius 2 is 0.933 bits per heavy atom. The third kappa shape index (κ3) is 10.8. The number of benzene rings is 4. The number of hydrogen-bond acceptors (Lipinski definition) is 4. The molecule has 2 saturated carbocycles. The molecule has 0 aliphatic heterocycles. The van der Waals surface area contributed by atoms with Gasteiger partial charge in [0.05, 0.1) is 6.26 Å². The van der Waals surface area contributed by atoms with Crippen LogP contribution in [0.1, 0.15) is 52.4 Å². The van der Waals surface area contributed by atoms with Crippen molar-refractivity contribution in [1.82, 2.24) is 0 Å². The molecule has 0 spiro atoms. The van der Waals surface area contributed by atoms with Gasteiger partial charge in [-0.25, -0.2) is 0 Å². The maximum Gasteiger partial charge on any atom is 0.261 e. The number of phenolic OH excluding ortho intramolecular Hbond substituents is 2. The number of phenols is 2. The average Bonchev–Trinajstić information content (AvgIpc) is 3.84. The van der Waals surface area contributed by atoms with Gasteiger partial charge < -0.3 is 10.2 Å². The van der Waals surface area contributed by atoms with E-state index in [1.54, 1.807) is 24.3 Å². The summed E-state index contributed by atoms with van der Waals surface area (Å²) in [5, 5.41) is 22.7. The predicted octanol–water partition coefficient (Wildman–Crippen LogP) is 9.81. The van der Waals surface area contributed by atoms with E-state index >= 15 is 0 Å². The molecule has 4 aromatic carbocycles. The lowest BCUT2D eigenvalue weighted by Gasteiger charge is -2.14. The molecule has 4 aromatic rings. The van der Waals surface area contributed by atoms with E-state index in [1.165, 1.54) is 38.5 Å². The van der Waals surface area contributed by atoms with Gasteiger partial charge in [-0.15, -0.1) is 0 Å². The zero-order valence-corrected chi connectivity index (χ0v) is 27.5. The molecule has 0 heterocycles. The molecule has 4 bridgehead atoms. The highest BCUT2D eigenvalue weighted by molar-refractivity contribution is 7.85. The lowest BCUT2D eigenvalue weighted by molar-refractivity contribution is 0.434. The van der Waals surface area contributed by atoms with E-state index in [4.69, 9.17) is 14.8 Å². The van der Waals surface area contributed by atoms with Crippen LogP contribution in [0.25, 0.3) is 21.5 Å². The third-order valence-electron chi connectivity index (χ3n) is 9.35. The molecule has 4 aliphatic rings. The van der Waals surface area contributed by atoms with Crippen molar-refractivity contribution in [3.05, 3.63) is 109 Å². The second-order valence-electron chi connectivity index (χ2n) is 12.7. The van der Waals surface area contributed by atoms with Crippen LogP contribution in [0, 0.1) is 35.5 Å². The molecule has 6 unspecified atom stereocenters. The molecule has 6 heteroatoms. The van der Waals surface area contributed by atoms with Gasteiger partial charge in [-0.05, 0) is 107 Å². The van der Waals surface area contributed by atoms with Crippen LogP contribution in [0.15, 0.2) is 109 Å². The minimum atomic E-state index is -3.67. The fourth-order valence-electron chi connectivity index (χ4n) is 7.08. The first-order valence-electron chi connectivity index (χ1n) is 16.2. The summed E-state index contributed by atoms with van der Waals surface area (Å²) in [5.41, 5.74) is 0. The van der Waals surface area contributed by atoms with E-state index in [0.717, 1.165) is 57.1 Å². The van der Waals surface area contributed by atoms with Crippen molar-refractivity contribution in [2.24, 2.45) is 35.5 Å². The number of fused-ring (bicyclic) bond motifs is 6. The molecular formula is C39H48O5S. The van der Waals surface area contributed by atoms with Gasteiger partial charge in [0.2, 0.25) is 0 Å². The van der Waals surface area contributed by atoms with Crippen molar-refractivity contribution in [2.45, 2.75) is 52.4 Å². The Morgan fingerprint density at radius 1 is 0.578 bits per heavy atom. The molecule has 2 fully saturated rings. The second-order valence-corrected chi connectivity index (χ2v) is 14.2. The fourth-order valence-corrected chi connectivity index (χ4v) is 7.08. The maximum absolute atomic E-state index is 9.19. The quantitative estimate of drug-likeness (QED) is 0.152. The maximum atomic E-state index is 9.19. The molecule has 0 radical (unpaired) electrons. The zero-order chi connectivity index (χ0) is 32.4. The molecule has 3 N–H and O–H groups in total. The summed E-state index contributed by atoms with van der Waals surface area (Å²) in [6.07, 6.45) is 19.1. The second kappa shape index (κ2) is 16.1. The van der Waals surface area contributed by atoms with Crippen molar-refractivity contribution in [3.8, 4) is 11.5 Å². The smallest absolute Gasteiger partial charge is 0.261 e. The number of rotatable bonds is 2. The predicted molar refractivity (Wildman–Crippen MR) is 187 cm³/mol. The van der Waals surface area contributed by atoms with Crippen LogP contribution in [0.3, 0.4) is 0 Å². The Hall–Kier alpha value is -3.61. The summed E-state index contributed by atoms with van der Waals surface area (Å²) in [6.45, 7) is 4.64. The minimum Gasteiger partial charge on any atom is -0.508 e. The summed E-state index contributed by atoms with van der Waals surface area (Å²) >= 11 is 0. The van der Waals surface area contributed by atoms with Crippen LogP contribution >= 0.6 is 0 Å². The normalized spacial score (nSPS) is 24.9. The summed E-state index contributed by atoms with van der Waals surface area (Å²) in [6, 6.07) is 26.6. The first-order chi connectivity index (χ1) is 21.5. The molecule has 0 amide bonds. The van der Waals surface area contributed by atoms with E-state index < -0.39 is 10.1 Å². The van der Waals surface area contributed by atoms with Crippen LogP contribution in [-0.2, 0) is 10.1 Å². The van der Waals surface area contributed by atoms with E-state index in [2.05, 4.69) is 38.2 Å². The highest BCUT2D eigenvalue weighted by Crippen LogP contribution is 2.45. The third-order valence-corrected chi connectivity index (χ3v) is 9.35. The molecule has 5 nitrogen and oxygen atoms in total. The van der Waals surface area contributed by atoms with Crippen molar-refractivity contribution >= 4 is 31.7 Å².